The number of anilines is 2. The SMILES string of the molecule is Cc1cc(C)cc(NC(=O)CNc2cc(C)on2)c1. The van der Waals surface area contributed by atoms with Crippen molar-refractivity contribution in [3.63, 3.8) is 0 Å². The van der Waals surface area contributed by atoms with Gasteiger partial charge < -0.3 is 15.2 Å². The summed E-state index contributed by atoms with van der Waals surface area (Å²) in [6.45, 7) is 5.95. The van der Waals surface area contributed by atoms with Crippen molar-refractivity contribution in [2.24, 2.45) is 0 Å². The van der Waals surface area contributed by atoms with Crippen molar-refractivity contribution in [3.8, 4) is 0 Å². The van der Waals surface area contributed by atoms with Gasteiger partial charge in [0.1, 0.15) is 5.76 Å². The third-order valence-electron chi connectivity index (χ3n) is 2.56. The Labute approximate surface area is 112 Å². The van der Waals surface area contributed by atoms with Crippen molar-refractivity contribution in [2.45, 2.75) is 20.8 Å². The van der Waals surface area contributed by atoms with Gasteiger partial charge in [-0.1, -0.05) is 11.2 Å². The molecule has 2 rings (SSSR count). The number of aryl methyl sites for hydroxylation is 3. The average Bonchev–Trinajstić information content (AvgIpc) is 2.71. The number of carbonyl (C=O) groups is 1. The number of nitrogens with zero attached hydrogens (tertiary/aromatic N) is 1. The number of amides is 1. The number of nitrogens with one attached hydrogen (secondary N) is 2. The Morgan fingerprint density at radius 3 is 2.42 bits per heavy atom. The summed E-state index contributed by atoms with van der Waals surface area (Å²) in [6, 6.07) is 7.67. The quantitative estimate of drug-likeness (QED) is 0.885. The predicted molar refractivity (Wildman–Crippen MR) is 74.3 cm³/mol. The van der Waals surface area contributed by atoms with E-state index < -0.39 is 0 Å². The van der Waals surface area contributed by atoms with Crippen LogP contribution in [0.4, 0.5) is 11.5 Å². The van der Waals surface area contributed by atoms with Gasteiger partial charge in [-0.05, 0) is 44.0 Å². The smallest absolute Gasteiger partial charge is 0.243 e. The first-order valence-corrected chi connectivity index (χ1v) is 6.08. The van der Waals surface area contributed by atoms with Gasteiger partial charge in [-0.2, -0.15) is 0 Å². The van der Waals surface area contributed by atoms with E-state index in [4.69, 9.17) is 4.52 Å². The van der Waals surface area contributed by atoms with E-state index in [1.807, 2.05) is 26.0 Å². The Bertz CT molecular complexity index is 570. The van der Waals surface area contributed by atoms with Gasteiger partial charge in [-0.3, -0.25) is 4.79 Å². The summed E-state index contributed by atoms with van der Waals surface area (Å²) in [5.74, 6) is 1.15. The van der Waals surface area contributed by atoms with Crippen LogP contribution in [-0.2, 0) is 4.79 Å². The van der Waals surface area contributed by atoms with Crippen molar-refractivity contribution in [3.05, 3.63) is 41.2 Å². The van der Waals surface area contributed by atoms with E-state index in [0.29, 0.717) is 11.6 Å². The number of rotatable bonds is 4. The standard InChI is InChI=1S/C14H17N3O2/c1-9-4-10(2)6-12(5-9)16-14(18)8-15-13-7-11(3)19-17-13/h4-7H,8H2,1-3H3,(H,15,17)(H,16,18). The Balaban J connectivity index is 1.90. The molecule has 0 saturated heterocycles. The lowest BCUT2D eigenvalue weighted by molar-refractivity contribution is -0.114. The van der Waals surface area contributed by atoms with Crippen LogP contribution in [-0.4, -0.2) is 17.6 Å². The molecular formula is C14H17N3O2. The fourth-order valence-corrected chi connectivity index (χ4v) is 1.87. The Hall–Kier alpha value is -2.30. The molecule has 100 valence electrons. The first kappa shape index (κ1) is 13.1. The molecular weight excluding hydrogens is 242 g/mol. The third kappa shape index (κ3) is 3.84. The maximum atomic E-state index is 11.8. The normalized spacial score (nSPS) is 10.3. The molecule has 2 N–H and O–H groups in total. The van der Waals surface area contributed by atoms with E-state index in [1.165, 1.54) is 0 Å². The number of hydrogen-bond acceptors (Lipinski definition) is 4. The van der Waals surface area contributed by atoms with Gasteiger partial charge in [0.05, 0.1) is 6.54 Å². The zero-order chi connectivity index (χ0) is 13.8. The largest absolute Gasteiger partial charge is 0.360 e. The molecule has 0 spiro atoms. The molecule has 1 amide bonds. The molecule has 0 aliphatic heterocycles. The second-order valence-corrected chi connectivity index (χ2v) is 4.60. The highest BCUT2D eigenvalue weighted by molar-refractivity contribution is 5.93. The Morgan fingerprint density at radius 2 is 1.84 bits per heavy atom. The van der Waals surface area contributed by atoms with Crippen molar-refractivity contribution in [1.29, 1.82) is 0 Å². The topological polar surface area (TPSA) is 67.2 Å². The molecule has 1 aromatic heterocycles. The number of aromatic nitrogens is 1. The monoisotopic (exact) mass is 259 g/mol. The second kappa shape index (κ2) is 5.56. The van der Waals surface area contributed by atoms with Crippen LogP contribution < -0.4 is 10.6 Å². The minimum absolute atomic E-state index is 0.120. The van der Waals surface area contributed by atoms with Crippen LogP contribution in [0.2, 0.25) is 0 Å². The highest BCUT2D eigenvalue weighted by Gasteiger charge is 2.05. The van der Waals surface area contributed by atoms with Crippen molar-refractivity contribution < 1.29 is 9.32 Å². The maximum absolute atomic E-state index is 11.8. The first-order valence-electron chi connectivity index (χ1n) is 6.08. The lowest BCUT2D eigenvalue weighted by Gasteiger charge is -2.07. The summed E-state index contributed by atoms with van der Waals surface area (Å²) in [5, 5.41) is 9.50. The molecule has 5 heteroatoms. The molecule has 0 bridgehead atoms. The molecule has 0 aliphatic carbocycles. The minimum atomic E-state index is -0.120. The van der Waals surface area contributed by atoms with Gasteiger partial charge in [0.2, 0.25) is 5.91 Å². The number of hydrogen-bond donors (Lipinski definition) is 2. The van der Waals surface area contributed by atoms with E-state index in [-0.39, 0.29) is 12.5 Å². The lowest BCUT2D eigenvalue weighted by atomic mass is 10.1. The molecule has 1 heterocycles. The zero-order valence-corrected chi connectivity index (χ0v) is 11.3. The minimum Gasteiger partial charge on any atom is -0.360 e. The summed E-state index contributed by atoms with van der Waals surface area (Å²) in [5.41, 5.74) is 3.05. The fourth-order valence-electron chi connectivity index (χ4n) is 1.87. The van der Waals surface area contributed by atoms with Crippen LogP contribution in [0, 0.1) is 20.8 Å². The van der Waals surface area contributed by atoms with E-state index in [2.05, 4.69) is 21.9 Å². The summed E-state index contributed by atoms with van der Waals surface area (Å²) >= 11 is 0. The summed E-state index contributed by atoms with van der Waals surface area (Å²) in [4.78, 5) is 11.8. The average molecular weight is 259 g/mol. The molecule has 0 radical (unpaired) electrons. The van der Waals surface area contributed by atoms with E-state index in [9.17, 15) is 4.79 Å². The molecule has 19 heavy (non-hydrogen) atoms. The molecule has 0 atom stereocenters. The van der Waals surface area contributed by atoms with Crippen LogP contribution >= 0.6 is 0 Å². The van der Waals surface area contributed by atoms with Crippen molar-refractivity contribution in [2.75, 3.05) is 17.2 Å². The first-order chi connectivity index (χ1) is 9.02. The number of carbonyl (C=O) groups excluding carboxylic acids is 1. The van der Waals surface area contributed by atoms with Crippen LogP contribution in [0.1, 0.15) is 16.9 Å². The Morgan fingerprint density at radius 1 is 1.16 bits per heavy atom. The Kier molecular flexibility index (Phi) is 3.85. The fraction of sp³-hybridized carbons (Fsp3) is 0.286. The zero-order valence-electron chi connectivity index (χ0n) is 11.3. The summed E-state index contributed by atoms with van der Waals surface area (Å²) < 4.78 is 4.90. The third-order valence-corrected chi connectivity index (χ3v) is 2.56. The maximum Gasteiger partial charge on any atom is 0.243 e. The molecule has 0 saturated carbocycles. The molecule has 2 aromatic rings. The highest BCUT2D eigenvalue weighted by atomic mass is 16.5. The van der Waals surface area contributed by atoms with Crippen LogP contribution in [0.5, 0.6) is 0 Å². The molecule has 5 nitrogen and oxygen atoms in total. The van der Waals surface area contributed by atoms with E-state index in [0.717, 1.165) is 16.8 Å². The van der Waals surface area contributed by atoms with Crippen molar-refractivity contribution in [1.82, 2.24) is 5.16 Å². The highest BCUT2D eigenvalue weighted by Crippen LogP contribution is 2.13. The van der Waals surface area contributed by atoms with Gasteiger partial charge in [-0.25, -0.2) is 0 Å². The molecule has 1 aromatic carbocycles. The summed E-state index contributed by atoms with van der Waals surface area (Å²) in [6.07, 6.45) is 0. The van der Waals surface area contributed by atoms with Gasteiger partial charge in [0.25, 0.3) is 0 Å². The van der Waals surface area contributed by atoms with Gasteiger partial charge >= 0.3 is 0 Å². The van der Waals surface area contributed by atoms with Crippen LogP contribution in [0.25, 0.3) is 0 Å². The molecule has 0 aliphatic rings. The predicted octanol–water partition coefficient (Wildman–Crippen LogP) is 2.65. The van der Waals surface area contributed by atoms with Crippen LogP contribution in [0.15, 0.2) is 28.8 Å². The van der Waals surface area contributed by atoms with E-state index in [1.54, 1.807) is 13.0 Å². The number of benzene rings is 1. The lowest BCUT2D eigenvalue weighted by Crippen LogP contribution is -2.21. The van der Waals surface area contributed by atoms with E-state index >= 15 is 0 Å². The van der Waals surface area contributed by atoms with Gasteiger partial charge in [0.15, 0.2) is 5.82 Å². The molecule has 0 unspecified atom stereocenters. The van der Waals surface area contributed by atoms with Gasteiger partial charge in [0, 0.05) is 11.8 Å². The van der Waals surface area contributed by atoms with Crippen molar-refractivity contribution >= 4 is 17.4 Å². The second-order valence-electron chi connectivity index (χ2n) is 4.60. The van der Waals surface area contributed by atoms with Crippen LogP contribution in [0.3, 0.4) is 0 Å². The van der Waals surface area contributed by atoms with Gasteiger partial charge in [-0.15, -0.1) is 0 Å². The molecule has 0 fully saturated rings. The summed E-state index contributed by atoms with van der Waals surface area (Å²) in [7, 11) is 0.